The Balaban J connectivity index is 1.34. The van der Waals surface area contributed by atoms with E-state index in [0.717, 1.165) is 18.4 Å². The van der Waals surface area contributed by atoms with E-state index >= 15 is 0 Å². The highest BCUT2D eigenvalue weighted by Crippen LogP contribution is 2.22. The summed E-state index contributed by atoms with van der Waals surface area (Å²) in [6.07, 6.45) is 2.06. The molecule has 0 unspecified atom stereocenters. The Morgan fingerprint density at radius 3 is 2.20 bits per heavy atom. The molecule has 1 heterocycles. The molecule has 0 aromatic heterocycles. The van der Waals surface area contributed by atoms with Gasteiger partial charge in [0.05, 0.1) is 0 Å². The molecule has 2 N–H and O–H groups in total. The number of urea groups is 1. The van der Waals surface area contributed by atoms with Crippen molar-refractivity contribution in [1.82, 2.24) is 15.1 Å². The van der Waals surface area contributed by atoms with Gasteiger partial charge >= 0.3 is 6.03 Å². The second-order valence-corrected chi connectivity index (χ2v) is 7.85. The molecular formula is C23H26N4O3. The molecule has 0 radical (unpaired) electrons. The first-order valence-electron chi connectivity index (χ1n) is 10.3. The van der Waals surface area contributed by atoms with Gasteiger partial charge < -0.3 is 20.4 Å². The van der Waals surface area contributed by atoms with Gasteiger partial charge in [-0.05, 0) is 49.6 Å². The molecule has 0 atom stereocenters. The van der Waals surface area contributed by atoms with Gasteiger partial charge in [-0.3, -0.25) is 9.59 Å². The maximum atomic E-state index is 12.7. The fourth-order valence-electron chi connectivity index (χ4n) is 3.46. The van der Waals surface area contributed by atoms with Crippen LogP contribution < -0.4 is 10.6 Å². The Bertz CT molecular complexity index is 948. The minimum Gasteiger partial charge on any atom is -0.349 e. The Morgan fingerprint density at radius 2 is 1.53 bits per heavy atom. The van der Waals surface area contributed by atoms with Crippen molar-refractivity contribution in [1.29, 1.82) is 0 Å². The number of hydrogen-bond acceptors (Lipinski definition) is 3. The number of anilines is 1. The van der Waals surface area contributed by atoms with E-state index in [4.69, 9.17) is 0 Å². The number of amides is 4. The SMILES string of the molecule is Cc1ccc(C(=O)NC2CC2)cc1NC(=O)N1CCN(C(=O)c2ccccc2)CC1. The molecule has 1 saturated heterocycles. The summed E-state index contributed by atoms with van der Waals surface area (Å²) in [5.41, 5.74) is 2.73. The number of nitrogens with zero attached hydrogens (tertiary/aromatic N) is 2. The minimum absolute atomic E-state index is 0.0131. The topological polar surface area (TPSA) is 81.8 Å². The van der Waals surface area contributed by atoms with Crippen molar-refractivity contribution in [2.75, 3.05) is 31.5 Å². The maximum absolute atomic E-state index is 12.7. The molecule has 1 saturated carbocycles. The highest BCUT2D eigenvalue weighted by atomic mass is 16.2. The van der Waals surface area contributed by atoms with Crippen LogP contribution in [0, 0.1) is 6.92 Å². The molecule has 30 heavy (non-hydrogen) atoms. The Kier molecular flexibility index (Phi) is 5.70. The number of benzene rings is 2. The summed E-state index contributed by atoms with van der Waals surface area (Å²) in [6.45, 7) is 3.80. The smallest absolute Gasteiger partial charge is 0.321 e. The summed E-state index contributed by atoms with van der Waals surface area (Å²) in [5.74, 6) is -0.123. The molecule has 2 aromatic carbocycles. The van der Waals surface area contributed by atoms with E-state index in [1.54, 1.807) is 34.1 Å². The first-order chi connectivity index (χ1) is 14.5. The van der Waals surface area contributed by atoms with Crippen LogP contribution in [0.4, 0.5) is 10.5 Å². The normalized spacial score (nSPS) is 16.2. The van der Waals surface area contributed by atoms with Crippen molar-refractivity contribution in [2.45, 2.75) is 25.8 Å². The van der Waals surface area contributed by atoms with E-state index in [2.05, 4.69) is 10.6 Å². The zero-order valence-electron chi connectivity index (χ0n) is 17.1. The second kappa shape index (κ2) is 8.57. The van der Waals surface area contributed by atoms with Crippen LogP contribution in [0.2, 0.25) is 0 Å². The van der Waals surface area contributed by atoms with Crippen LogP contribution in [-0.2, 0) is 0 Å². The summed E-state index contributed by atoms with van der Waals surface area (Å²) < 4.78 is 0. The number of hydrogen-bond donors (Lipinski definition) is 2. The molecule has 1 aliphatic heterocycles. The molecule has 4 rings (SSSR count). The molecule has 2 aromatic rings. The number of piperazine rings is 1. The highest BCUT2D eigenvalue weighted by molar-refractivity contribution is 5.98. The minimum atomic E-state index is -0.218. The van der Waals surface area contributed by atoms with Crippen LogP contribution in [0.15, 0.2) is 48.5 Å². The summed E-state index contributed by atoms with van der Waals surface area (Å²) >= 11 is 0. The van der Waals surface area contributed by atoms with Crippen LogP contribution in [0.3, 0.4) is 0 Å². The molecular weight excluding hydrogens is 380 g/mol. The molecule has 4 amide bonds. The van der Waals surface area contributed by atoms with E-state index in [9.17, 15) is 14.4 Å². The van der Waals surface area contributed by atoms with E-state index in [1.807, 2.05) is 31.2 Å². The first-order valence-corrected chi connectivity index (χ1v) is 10.3. The van der Waals surface area contributed by atoms with Crippen LogP contribution >= 0.6 is 0 Å². The van der Waals surface area contributed by atoms with Crippen LogP contribution in [0.25, 0.3) is 0 Å². The van der Waals surface area contributed by atoms with Gasteiger partial charge in [-0.2, -0.15) is 0 Å². The first kappa shape index (κ1) is 19.9. The number of rotatable bonds is 4. The van der Waals surface area contributed by atoms with E-state index in [0.29, 0.717) is 43.0 Å². The molecule has 2 fully saturated rings. The van der Waals surface area contributed by atoms with Crippen molar-refractivity contribution in [2.24, 2.45) is 0 Å². The fraction of sp³-hybridized carbons (Fsp3) is 0.348. The molecule has 0 bridgehead atoms. The lowest BCUT2D eigenvalue weighted by atomic mass is 10.1. The quantitative estimate of drug-likeness (QED) is 0.819. The highest BCUT2D eigenvalue weighted by Gasteiger charge is 2.26. The van der Waals surface area contributed by atoms with Crippen LogP contribution in [0.1, 0.15) is 39.1 Å². The lowest BCUT2D eigenvalue weighted by molar-refractivity contribution is 0.0671. The van der Waals surface area contributed by atoms with Crippen LogP contribution in [-0.4, -0.2) is 59.9 Å². The molecule has 156 valence electrons. The lowest BCUT2D eigenvalue weighted by Crippen LogP contribution is -2.51. The second-order valence-electron chi connectivity index (χ2n) is 7.85. The zero-order chi connectivity index (χ0) is 21.1. The van der Waals surface area contributed by atoms with Crippen molar-refractivity contribution in [3.63, 3.8) is 0 Å². The van der Waals surface area contributed by atoms with Crippen LogP contribution in [0.5, 0.6) is 0 Å². The van der Waals surface area contributed by atoms with Gasteiger partial charge in [0.25, 0.3) is 11.8 Å². The van der Waals surface area contributed by atoms with E-state index < -0.39 is 0 Å². The largest absolute Gasteiger partial charge is 0.349 e. The third kappa shape index (κ3) is 4.62. The number of carbonyl (C=O) groups is 3. The predicted molar refractivity (Wildman–Crippen MR) is 115 cm³/mol. The van der Waals surface area contributed by atoms with Crippen molar-refractivity contribution in [3.8, 4) is 0 Å². The Hall–Kier alpha value is -3.35. The summed E-state index contributed by atoms with van der Waals surface area (Å²) in [4.78, 5) is 41.1. The van der Waals surface area contributed by atoms with Gasteiger partial charge in [0.15, 0.2) is 0 Å². The Morgan fingerprint density at radius 1 is 0.867 bits per heavy atom. The third-order valence-electron chi connectivity index (χ3n) is 5.53. The third-order valence-corrected chi connectivity index (χ3v) is 5.53. The van der Waals surface area contributed by atoms with Crippen molar-refractivity contribution in [3.05, 3.63) is 65.2 Å². The lowest BCUT2D eigenvalue weighted by Gasteiger charge is -2.34. The average Bonchev–Trinajstić information content (AvgIpc) is 3.59. The number of nitrogens with one attached hydrogen (secondary N) is 2. The maximum Gasteiger partial charge on any atom is 0.321 e. The fourth-order valence-corrected chi connectivity index (χ4v) is 3.46. The summed E-state index contributed by atoms with van der Waals surface area (Å²) in [5, 5.41) is 5.89. The average molecular weight is 406 g/mol. The number of aryl methyl sites for hydroxylation is 1. The zero-order valence-corrected chi connectivity index (χ0v) is 17.1. The summed E-state index contributed by atoms with van der Waals surface area (Å²) in [7, 11) is 0. The molecule has 7 nitrogen and oxygen atoms in total. The van der Waals surface area contributed by atoms with E-state index in [1.165, 1.54) is 0 Å². The monoisotopic (exact) mass is 406 g/mol. The predicted octanol–water partition coefficient (Wildman–Crippen LogP) is 2.88. The molecule has 7 heteroatoms. The molecule has 0 spiro atoms. The van der Waals surface area contributed by atoms with Gasteiger partial charge in [0.2, 0.25) is 0 Å². The summed E-state index contributed by atoms with van der Waals surface area (Å²) in [6, 6.07) is 14.6. The van der Waals surface area contributed by atoms with Gasteiger partial charge in [-0.25, -0.2) is 4.79 Å². The van der Waals surface area contributed by atoms with Gasteiger partial charge in [0.1, 0.15) is 0 Å². The standard InChI is InChI=1S/C23H26N4O3/c1-16-7-8-18(21(28)24-19-9-10-19)15-20(16)25-23(30)27-13-11-26(12-14-27)22(29)17-5-3-2-4-6-17/h2-8,15,19H,9-14H2,1H3,(H,24,28)(H,25,30). The number of carbonyl (C=O) groups excluding carboxylic acids is 3. The molecule has 2 aliphatic rings. The van der Waals surface area contributed by atoms with Gasteiger partial charge in [0, 0.05) is 49.0 Å². The van der Waals surface area contributed by atoms with Crippen molar-refractivity contribution >= 4 is 23.5 Å². The molecule has 1 aliphatic carbocycles. The van der Waals surface area contributed by atoms with Gasteiger partial charge in [-0.1, -0.05) is 24.3 Å². The van der Waals surface area contributed by atoms with Gasteiger partial charge in [-0.15, -0.1) is 0 Å². The van der Waals surface area contributed by atoms with Crippen molar-refractivity contribution < 1.29 is 14.4 Å². The van der Waals surface area contributed by atoms with E-state index in [-0.39, 0.29) is 23.9 Å². The Labute approximate surface area is 176 Å².